The van der Waals surface area contributed by atoms with Gasteiger partial charge in [0, 0.05) is 16.7 Å². The van der Waals surface area contributed by atoms with Crippen LogP contribution >= 0.6 is 15.9 Å². The van der Waals surface area contributed by atoms with Crippen LogP contribution in [0.15, 0.2) is 41.0 Å². The van der Waals surface area contributed by atoms with E-state index in [1.165, 1.54) is 0 Å². The molecule has 5 heteroatoms. The Morgan fingerprint density at radius 2 is 2.20 bits per heavy atom. The molecule has 1 aromatic carbocycles. The van der Waals surface area contributed by atoms with Crippen LogP contribution < -0.4 is 9.47 Å². The molecule has 102 valence electrons. The summed E-state index contributed by atoms with van der Waals surface area (Å²) in [6.07, 6.45) is 1.65. The summed E-state index contributed by atoms with van der Waals surface area (Å²) < 4.78 is 11.9. The third kappa shape index (κ3) is 2.41. The first-order chi connectivity index (χ1) is 9.67. The van der Waals surface area contributed by atoms with Crippen molar-refractivity contribution in [2.45, 2.75) is 12.5 Å². The Bertz CT molecular complexity index is 655. The Balaban J connectivity index is 1.94. The number of methoxy groups -OCH3 is 1. The Morgan fingerprint density at radius 1 is 1.35 bits per heavy atom. The van der Waals surface area contributed by atoms with E-state index in [1.807, 2.05) is 12.1 Å². The topological polar surface area (TPSA) is 48.4 Å². The van der Waals surface area contributed by atoms with Gasteiger partial charge in [-0.05, 0) is 40.2 Å². The molecule has 2 heterocycles. The number of aromatic nitrogens is 1. The second-order valence-corrected chi connectivity index (χ2v) is 5.41. The first-order valence-electron chi connectivity index (χ1n) is 6.16. The molecule has 1 aromatic heterocycles. The maximum atomic E-state index is 12.2. The summed E-state index contributed by atoms with van der Waals surface area (Å²) >= 11 is 3.34. The Kier molecular flexibility index (Phi) is 3.44. The molecule has 0 saturated heterocycles. The molecule has 3 rings (SSSR count). The molecule has 0 N–H and O–H groups in total. The van der Waals surface area contributed by atoms with Crippen molar-refractivity contribution in [3.63, 3.8) is 0 Å². The van der Waals surface area contributed by atoms with Crippen LogP contribution in [0.3, 0.4) is 0 Å². The van der Waals surface area contributed by atoms with Gasteiger partial charge in [0.1, 0.15) is 17.6 Å². The Hall–Kier alpha value is -1.88. The lowest BCUT2D eigenvalue weighted by molar-refractivity contribution is 0.0844. The second-order valence-electron chi connectivity index (χ2n) is 4.50. The number of Topliss-reactive ketones (excluding diaryl/α,β-unsaturated/α-hetero) is 1. The van der Waals surface area contributed by atoms with Gasteiger partial charge >= 0.3 is 0 Å². The van der Waals surface area contributed by atoms with E-state index < -0.39 is 0 Å². The number of ether oxygens (including phenoxy) is 2. The summed E-state index contributed by atoms with van der Waals surface area (Å²) in [4.78, 5) is 16.5. The van der Waals surface area contributed by atoms with E-state index in [2.05, 4.69) is 20.9 Å². The monoisotopic (exact) mass is 333 g/mol. The van der Waals surface area contributed by atoms with Crippen LogP contribution in [0.4, 0.5) is 0 Å². The van der Waals surface area contributed by atoms with Crippen molar-refractivity contribution >= 4 is 21.7 Å². The quantitative estimate of drug-likeness (QED) is 0.843. The van der Waals surface area contributed by atoms with Gasteiger partial charge in [-0.25, -0.2) is 0 Å². The molecule has 1 aliphatic heterocycles. The molecule has 0 saturated carbocycles. The zero-order valence-corrected chi connectivity index (χ0v) is 12.4. The highest BCUT2D eigenvalue weighted by molar-refractivity contribution is 9.10. The molecule has 2 aromatic rings. The number of rotatable bonds is 2. The van der Waals surface area contributed by atoms with Crippen LogP contribution in [0.1, 0.15) is 28.6 Å². The highest BCUT2D eigenvalue weighted by Crippen LogP contribution is 2.36. The van der Waals surface area contributed by atoms with Crippen LogP contribution in [0.2, 0.25) is 0 Å². The van der Waals surface area contributed by atoms with Gasteiger partial charge in [0.05, 0.1) is 24.8 Å². The number of ketones is 1. The fraction of sp³-hybridized carbons (Fsp3) is 0.200. The van der Waals surface area contributed by atoms with Gasteiger partial charge in [-0.1, -0.05) is 0 Å². The molecule has 20 heavy (non-hydrogen) atoms. The van der Waals surface area contributed by atoms with Gasteiger partial charge in [0.2, 0.25) is 0 Å². The Labute approximate surface area is 124 Å². The van der Waals surface area contributed by atoms with Crippen molar-refractivity contribution in [1.82, 2.24) is 4.98 Å². The minimum absolute atomic E-state index is 0.0589. The summed E-state index contributed by atoms with van der Waals surface area (Å²) in [5, 5.41) is 0. The predicted molar refractivity (Wildman–Crippen MR) is 77.2 cm³/mol. The summed E-state index contributed by atoms with van der Waals surface area (Å²) in [7, 11) is 1.58. The van der Waals surface area contributed by atoms with Crippen LogP contribution in [0, 0.1) is 0 Å². The summed E-state index contributed by atoms with van der Waals surface area (Å²) in [6.45, 7) is 0. The number of hydrogen-bond acceptors (Lipinski definition) is 4. The molecule has 0 bridgehead atoms. The van der Waals surface area contributed by atoms with Crippen LogP contribution in [0.25, 0.3) is 0 Å². The molecule has 0 unspecified atom stereocenters. The van der Waals surface area contributed by atoms with Crippen molar-refractivity contribution in [3.05, 3.63) is 52.3 Å². The molecule has 0 amide bonds. The number of fused-ring (bicyclic) bond motifs is 1. The van der Waals surface area contributed by atoms with Gasteiger partial charge in [-0.15, -0.1) is 0 Å². The van der Waals surface area contributed by atoms with E-state index >= 15 is 0 Å². The fourth-order valence-electron chi connectivity index (χ4n) is 2.17. The lowest BCUT2D eigenvalue weighted by Crippen LogP contribution is -2.21. The molecule has 0 spiro atoms. The SMILES string of the molecule is COc1ccc2c(c1)O[C@H](c1ccc(Br)cn1)CC2=O. The molecule has 4 nitrogen and oxygen atoms in total. The molecule has 0 aliphatic carbocycles. The molecule has 1 aliphatic rings. The first-order valence-corrected chi connectivity index (χ1v) is 6.96. The normalized spacial score (nSPS) is 17.3. The molecule has 0 fully saturated rings. The van der Waals surface area contributed by atoms with Gasteiger partial charge < -0.3 is 9.47 Å². The summed E-state index contributed by atoms with van der Waals surface area (Å²) in [6, 6.07) is 8.97. The number of halogens is 1. The van der Waals surface area contributed by atoms with Crippen molar-refractivity contribution in [1.29, 1.82) is 0 Å². The van der Waals surface area contributed by atoms with Crippen molar-refractivity contribution in [2.75, 3.05) is 7.11 Å². The molecule has 0 radical (unpaired) electrons. The van der Waals surface area contributed by atoms with Crippen LogP contribution in [-0.2, 0) is 0 Å². The molecular weight excluding hydrogens is 322 g/mol. The van der Waals surface area contributed by atoms with Crippen molar-refractivity contribution < 1.29 is 14.3 Å². The van der Waals surface area contributed by atoms with E-state index in [9.17, 15) is 4.79 Å². The minimum atomic E-state index is -0.352. The van der Waals surface area contributed by atoms with Gasteiger partial charge in [0.25, 0.3) is 0 Å². The lowest BCUT2D eigenvalue weighted by atomic mass is 9.98. The van der Waals surface area contributed by atoms with E-state index in [0.29, 0.717) is 23.5 Å². The lowest BCUT2D eigenvalue weighted by Gasteiger charge is -2.25. The summed E-state index contributed by atoms with van der Waals surface area (Å²) in [5.74, 6) is 1.28. The molecular formula is C15H12BrNO3. The van der Waals surface area contributed by atoms with Crippen LogP contribution in [-0.4, -0.2) is 17.9 Å². The maximum absolute atomic E-state index is 12.2. The number of carbonyl (C=O) groups excluding carboxylic acids is 1. The zero-order valence-electron chi connectivity index (χ0n) is 10.8. The number of nitrogens with zero attached hydrogens (tertiary/aromatic N) is 1. The molecule has 1 atom stereocenters. The highest BCUT2D eigenvalue weighted by Gasteiger charge is 2.28. The number of carbonyl (C=O) groups is 1. The maximum Gasteiger partial charge on any atom is 0.170 e. The number of benzene rings is 1. The van der Waals surface area contributed by atoms with Crippen molar-refractivity contribution in [2.24, 2.45) is 0 Å². The summed E-state index contributed by atoms with van der Waals surface area (Å²) in [5.41, 5.74) is 1.34. The first kappa shape index (κ1) is 13.1. The number of pyridine rings is 1. The minimum Gasteiger partial charge on any atom is -0.497 e. The fourth-order valence-corrected chi connectivity index (χ4v) is 2.41. The van der Waals surface area contributed by atoms with Crippen LogP contribution in [0.5, 0.6) is 11.5 Å². The van der Waals surface area contributed by atoms with E-state index in [0.717, 1.165) is 10.2 Å². The standard InChI is InChI=1S/C15H12BrNO3/c1-19-10-3-4-11-13(18)7-15(20-14(11)6-10)12-5-2-9(16)8-17-12/h2-6,8,15H,7H2,1H3/t15-/m0/s1. The predicted octanol–water partition coefficient (Wildman–Crippen LogP) is 3.56. The third-order valence-electron chi connectivity index (χ3n) is 3.21. The van der Waals surface area contributed by atoms with E-state index in [1.54, 1.807) is 31.5 Å². The second kappa shape index (κ2) is 5.25. The highest BCUT2D eigenvalue weighted by atomic mass is 79.9. The third-order valence-corrected chi connectivity index (χ3v) is 3.68. The van der Waals surface area contributed by atoms with E-state index in [-0.39, 0.29) is 11.9 Å². The average molecular weight is 334 g/mol. The average Bonchev–Trinajstić information content (AvgIpc) is 2.47. The van der Waals surface area contributed by atoms with Gasteiger partial charge in [-0.2, -0.15) is 0 Å². The smallest absolute Gasteiger partial charge is 0.170 e. The van der Waals surface area contributed by atoms with E-state index in [4.69, 9.17) is 9.47 Å². The van der Waals surface area contributed by atoms with Gasteiger partial charge in [0.15, 0.2) is 5.78 Å². The largest absolute Gasteiger partial charge is 0.497 e. The number of hydrogen-bond donors (Lipinski definition) is 0. The van der Waals surface area contributed by atoms with Gasteiger partial charge in [-0.3, -0.25) is 9.78 Å². The zero-order chi connectivity index (χ0) is 14.1. The van der Waals surface area contributed by atoms with Crippen molar-refractivity contribution in [3.8, 4) is 11.5 Å². The Morgan fingerprint density at radius 3 is 2.90 bits per heavy atom.